The lowest BCUT2D eigenvalue weighted by atomic mass is 9.64. The first-order chi connectivity index (χ1) is 16.0. The molecular formula is C25H23N3O6. The van der Waals surface area contributed by atoms with Gasteiger partial charge in [0, 0.05) is 17.5 Å². The summed E-state index contributed by atoms with van der Waals surface area (Å²) in [5.41, 5.74) is 0.401. The van der Waals surface area contributed by atoms with Crippen molar-refractivity contribution in [3.63, 3.8) is 0 Å². The minimum Gasteiger partial charge on any atom is -0.465 e. The molecule has 2 aromatic carbocycles. The highest BCUT2D eigenvalue weighted by Gasteiger charge is 2.74. The number of aromatic nitrogens is 2. The van der Waals surface area contributed by atoms with Crippen LogP contribution in [-0.2, 0) is 20.4 Å². The highest BCUT2D eigenvalue weighted by molar-refractivity contribution is 5.91. The van der Waals surface area contributed by atoms with E-state index < -0.39 is 33.1 Å². The highest BCUT2D eigenvalue weighted by atomic mass is 16.6. The highest BCUT2D eigenvalue weighted by Crippen LogP contribution is 2.70. The molecule has 2 aliphatic rings. The van der Waals surface area contributed by atoms with Crippen molar-refractivity contribution in [2.75, 3.05) is 7.11 Å². The van der Waals surface area contributed by atoms with Crippen LogP contribution in [0.2, 0.25) is 0 Å². The van der Waals surface area contributed by atoms with Gasteiger partial charge in [-0.15, -0.1) is 0 Å². The number of ether oxygens (including phenoxy) is 2. The van der Waals surface area contributed by atoms with E-state index in [4.69, 9.17) is 19.4 Å². The molecule has 5 rings (SSSR count). The number of carbonyl (C=O) groups excluding carboxylic acids is 2. The normalized spacial score (nSPS) is 24.0. The molecule has 2 aliphatic carbocycles. The molecule has 0 radical (unpaired) electrons. The molecule has 0 amide bonds. The molecule has 9 heteroatoms. The number of benzene rings is 2. The fourth-order valence-electron chi connectivity index (χ4n) is 5.63. The fraction of sp³-hybridized carbons (Fsp3) is 0.360. The van der Waals surface area contributed by atoms with Crippen LogP contribution in [0.15, 0.2) is 42.5 Å². The predicted octanol–water partition coefficient (Wildman–Crippen LogP) is 4.26. The molecule has 1 saturated carbocycles. The average molecular weight is 461 g/mol. The van der Waals surface area contributed by atoms with Gasteiger partial charge in [-0.3, -0.25) is 14.9 Å². The molecule has 0 saturated heterocycles. The van der Waals surface area contributed by atoms with Crippen LogP contribution in [0.3, 0.4) is 0 Å². The lowest BCUT2D eigenvalue weighted by Gasteiger charge is -2.38. The number of rotatable bonds is 4. The molecule has 1 aromatic heterocycles. The van der Waals surface area contributed by atoms with Crippen LogP contribution < -0.4 is 4.74 Å². The van der Waals surface area contributed by atoms with Gasteiger partial charge < -0.3 is 9.47 Å². The van der Waals surface area contributed by atoms with Crippen molar-refractivity contribution in [2.24, 2.45) is 5.41 Å². The van der Waals surface area contributed by atoms with Crippen LogP contribution >= 0.6 is 0 Å². The van der Waals surface area contributed by atoms with E-state index in [1.807, 2.05) is 13.8 Å². The topological polar surface area (TPSA) is 122 Å². The molecule has 34 heavy (non-hydrogen) atoms. The van der Waals surface area contributed by atoms with Gasteiger partial charge in [0.1, 0.15) is 11.2 Å². The second-order valence-corrected chi connectivity index (χ2v) is 9.62. The predicted molar refractivity (Wildman–Crippen MR) is 122 cm³/mol. The van der Waals surface area contributed by atoms with Gasteiger partial charge in [-0.05, 0) is 48.6 Å². The maximum atomic E-state index is 13.8. The van der Waals surface area contributed by atoms with Gasteiger partial charge in [-0.1, -0.05) is 20.8 Å². The Morgan fingerprint density at radius 1 is 0.971 bits per heavy atom. The Morgan fingerprint density at radius 2 is 1.65 bits per heavy atom. The summed E-state index contributed by atoms with van der Waals surface area (Å²) in [6.07, 6.45) is 1.26. The van der Waals surface area contributed by atoms with Crippen LogP contribution in [-0.4, -0.2) is 33.9 Å². The Kier molecular flexibility index (Phi) is 4.55. The van der Waals surface area contributed by atoms with Crippen molar-refractivity contribution in [2.45, 2.75) is 44.4 Å². The molecule has 174 valence electrons. The number of fused-ring (bicyclic) bond motifs is 6. The van der Waals surface area contributed by atoms with Gasteiger partial charge in [0.15, 0.2) is 0 Å². The number of carbonyl (C=O) groups is 2. The lowest BCUT2D eigenvalue weighted by molar-refractivity contribution is -0.384. The summed E-state index contributed by atoms with van der Waals surface area (Å²) in [6.45, 7) is 6.14. The summed E-state index contributed by atoms with van der Waals surface area (Å²) < 4.78 is 10.5. The quantitative estimate of drug-likeness (QED) is 0.244. The number of nitro benzene ring substituents is 1. The van der Waals surface area contributed by atoms with E-state index in [0.29, 0.717) is 34.5 Å². The summed E-state index contributed by atoms with van der Waals surface area (Å²) in [6, 6.07) is 10.5. The van der Waals surface area contributed by atoms with Crippen LogP contribution in [0.25, 0.3) is 11.0 Å². The van der Waals surface area contributed by atoms with E-state index in [1.54, 1.807) is 18.2 Å². The third kappa shape index (κ3) is 2.66. The molecule has 0 spiro atoms. The molecule has 1 fully saturated rings. The second kappa shape index (κ2) is 7.06. The number of non-ortho nitro benzene ring substituents is 1. The fourth-order valence-corrected chi connectivity index (χ4v) is 5.63. The molecule has 1 heterocycles. The van der Waals surface area contributed by atoms with Crippen LogP contribution in [0.1, 0.15) is 55.4 Å². The van der Waals surface area contributed by atoms with Crippen LogP contribution in [0, 0.1) is 15.5 Å². The van der Waals surface area contributed by atoms with Crippen molar-refractivity contribution in [3.05, 3.63) is 69.5 Å². The zero-order chi connectivity index (χ0) is 24.5. The summed E-state index contributed by atoms with van der Waals surface area (Å²) >= 11 is 0. The zero-order valence-electron chi connectivity index (χ0n) is 19.2. The Morgan fingerprint density at radius 3 is 2.29 bits per heavy atom. The number of nitrogens with zero attached hydrogens (tertiary/aromatic N) is 3. The number of hydrogen-bond acceptors (Lipinski definition) is 8. The molecule has 2 atom stereocenters. The Bertz CT molecular complexity index is 1380. The molecule has 0 N–H and O–H groups in total. The first-order valence-electron chi connectivity index (χ1n) is 10.9. The minimum atomic E-state index is -1.07. The number of hydrogen-bond donors (Lipinski definition) is 0. The summed E-state index contributed by atoms with van der Waals surface area (Å²) in [5.74, 6) is -0.635. The maximum absolute atomic E-state index is 13.8. The average Bonchev–Trinajstić information content (AvgIpc) is 3.12. The first kappa shape index (κ1) is 21.9. The van der Waals surface area contributed by atoms with Gasteiger partial charge in [-0.2, -0.15) is 0 Å². The molecule has 9 nitrogen and oxygen atoms in total. The standard InChI is InChI=1S/C25H23N3O6/c1-23(2)24(3)11-12-25(23,22(30)34-16-8-5-14(6-9-16)21(29)33-4)20-19(24)26-17-10-7-15(28(31)32)13-18(17)27-20/h5-10,13H,11-12H2,1-4H3. The van der Waals surface area contributed by atoms with E-state index >= 15 is 0 Å². The number of esters is 2. The number of nitro groups is 1. The third-order valence-corrected chi connectivity index (χ3v) is 8.07. The Balaban J connectivity index is 1.61. The summed E-state index contributed by atoms with van der Waals surface area (Å²) in [7, 11) is 1.30. The van der Waals surface area contributed by atoms with E-state index in [2.05, 4.69) is 6.92 Å². The van der Waals surface area contributed by atoms with Crippen molar-refractivity contribution in [3.8, 4) is 5.75 Å². The van der Waals surface area contributed by atoms with Gasteiger partial charge >= 0.3 is 11.9 Å². The van der Waals surface area contributed by atoms with Crippen LogP contribution in [0.4, 0.5) is 5.69 Å². The zero-order valence-corrected chi connectivity index (χ0v) is 19.2. The Hall–Kier alpha value is -3.88. The van der Waals surface area contributed by atoms with Gasteiger partial charge in [0.05, 0.1) is 40.0 Å². The van der Waals surface area contributed by atoms with Crippen molar-refractivity contribution >= 4 is 28.7 Å². The monoisotopic (exact) mass is 461 g/mol. The maximum Gasteiger partial charge on any atom is 0.337 e. The SMILES string of the molecule is COC(=O)c1ccc(OC(=O)C23CCC(C)(c4nc5ccc([N+](=O)[O-])cc5nc42)C3(C)C)cc1. The molecule has 0 aliphatic heterocycles. The van der Waals surface area contributed by atoms with Gasteiger partial charge in [-0.25, -0.2) is 14.8 Å². The Labute approximate surface area is 195 Å². The van der Waals surface area contributed by atoms with E-state index in [-0.39, 0.29) is 5.69 Å². The molecule has 3 aromatic rings. The molecule has 2 bridgehead atoms. The van der Waals surface area contributed by atoms with Crippen molar-refractivity contribution in [1.82, 2.24) is 9.97 Å². The van der Waals surface area contributed by atoms with Crippen molar-refractivity contribution in [1.29, 1.82) is 0 Å². The first-order valence-corrected chi connectivity index (χ1v) is 10.9. The largest absolute Gasteiger partial charge is 0.465 e. The minimum absolute atomic E-state index is 0.0855. The van der Waals surface area contributed by atoms with E-state index in [0.717, 1.165) is 12.1 Å². The van der Waals surface area contributed by atoms with Gasteiger partial charge in [0.25, 0.3) is 5.69 Å². The third-order valence-electron chi connectivity index (χ3n) is 8.07. The number of methoxy groups -OCH3 is 1. The van der Waals surface area contributed by atoms with E-state index in [1.165, 1.54) is 31.4 Å². The molecule has 2 unspecified atom stereocenters. The smallest absolute Gasteiger partial charge is 0.337 e. The second-order valence-electron chi connectivity index (χ2n) is 9.62. The van der Waals surface area contributed by atoms with E-state index in [9.17, 15) is 19.7 Å². The van der Waals surface area contributed by atoms with Crippen LogP contribution in [0.5, 0.6) is 5.75 Å². The van der Waals surface area contributed by atoms with Crippen molar-refractivity contribution < 1.29 is 24.0 Å². The summed E-state index contributed by atoms with van der Waals surface area (Å²) in [5, 5.41) is 11.3. The lowest BCUT2D eigenvalue weighted by Crippen LogP contribution is -2.48. The summed E-state index contributed by atoms with van der Waals surface area (Å²) in [4.78, 5) is 45.9. The van der Waals surface area contributed by atoms with Gasteiger partial charge in [0.2, 0.25) is 0 Å². The molecular weight excluding hydrogens is 438 g/mol.